The van der Waals surface area contributed by atoms with Crippen molar-refractivity contribution in [3.8, 4) is 0 Å². The van der Waals surface area contributed by atoms with E-state index in [2.05, 4.69) is 13.8 Å². The minimum Gasteiger partial charge on any atom is -0.379 e. The van der Waals surface area contributed by atoms with Gasteiger partial charge in [0.15, 0.2) is 0 Å². The predicted molar refractivity (Wildman–Crippen MR) is 59.4 cm³/mol. The third-order valence-electron chi connectivity index (χ3n) is 1.69. The van der Waals surface area contributed by atoms with Crippen molar-refractivity contribution >= 4 is 0 Å². The zero-order valence-electron chi connectivity index (χ0n) is 10.0. The molecular weight excluding hydrogens is 178 g/mol. The SMILES string of the molecule is CC(C)CCOCCOCC(C)(C)N. The monoisotopic (exact) mass is 203 g/mol. The molecule has 0 bridgehead atoms. The molecule has 86 valence electrons. The van der Waals surface area contributed by atoms with Crippen molar-refractivity contribution in [2.75, 3.05) is 26.4 Å². The highest BCUT2D eigenvalue weighted by Gasteiger charge is 2.09. The highest BCUT2D eigenvalue weighted by molar-refractivity contribution is 4.69. The molecular formula is C11H25NO2. The Hall–Kier alpha value is -0.120. The lowest BCUT2D eigenvalue weighted by Gasteiger charge is -2.18. The van der Waals surface area contributed by atoms with Gasteiger partial charge >= 0.3 is 0 Å². The van der Waals surface area contributed by atoms with Crippen LogP contribution in [0, 0.1) is 5.92 Å². The Morgan fingerprint density at radius 2 is 1.64 bits per heavy atom. The molecule has 0 aliphatic heterocycles. The lowest BCUT2D eigenvalue weighted by Crippen LogP contribution is -2.37. The maximum Gasteiger partial charge on any atom is 0.0701 e. The van der Waals surface area contributed by atoms with E-state index in [0.717, 1.165) is 13.0 Å². The molecule has 0 amide bonds. The first-order valence-electron chi connectivity index (χ1n) is 5.36. The molecule has 2 N–H and O–H groups in total. The summed E-state index contributed by atoms with van der Waals surface area (Å²) in [5, 5.41) is 0. The van der Waals surface area contributed by atoms with Crippen molar-refractivity contribution < 1.29 is 9.47 Å². The Morgan fingerprint density at radius 1 is 1.07 bits per heavy atom. The average Bonchev–Trinajstić information content (AvgIpc) is 2.00. The first-order chi connectivity index (χ1) is 6.42. The Bertz CT molecular complexity index is 130. The molecule has 3 heteroatoms. The number of ether oxygens (including phenoxy) is 2. The van der Waals surface area contributed by atoms with Crippen molar-refractivity contribution in [3.63, 3.8) is 0 Å². The summed E-state index contributed by atoms with van der Waals surface area (Å²) >= 11 is 0. The van der Waals surface area contributed by atoms with Gasteiger partial charge in [-0.2, -0.15) is 0 Å². The van der Waals surface area contributed by atoms with Gasteiger partial charge in [0.1, 0.15) is 0 Å². The number of hydrogen-bond acceptors (Lipinski definition) is 3. The van der Waals surface area contributed by atoms with Crippen LogP contribution in [0.3, 0.4) is 0 Å². The van der Waals surface area contributed by atoms with Crippen molar-refractivity contribution in [3.05, 3.63) is 0 Å². The molecule has 0 saturated heterocycles. The van der Waals surface area contributed by atoms with Gasteiger partial charge < -0.3 is 15.2 Å². The Balaban J connectivity index is 3.07. The fourth-order valence-electron chi connectivity index (χ4n) is 0.874. The van der Waals surface area contributed by atoms with Crippen molar-refractivity contribution in [1.82, 2.24) is 0 Å². The molecule has 3 nitrogen and oxygen atoms in total. The molecule has 0 unspecified atom stereocenters. The molecule has 0 spiro atoms. The van der Waals surface area contributed by atoms with Gasteiger partial charge in [-0.3, -0.25) is 0 Å². The molecule has 0 aromatic heterocycles. The molecule has 0 aromatic carbocycles. The van der Waals surface area contributed by atoms with E-state index < -0.39 is 0 Å². The largest absolute Gasteiger partial charge is 0.379 e. The summed E-state index contributed by atoms with van der Waals surface area (Å²) in [6.07, 6.45) is 1.11. The number of nitrogens with two attached hydrogens (primary N) is 1. The summed E-state index contributed by atoms with van der Waals surface area (Å²) < 4.78 is 10.7. The van der Waals surface area contributed by atoms with Gasteiger partial charge in [-0.1, -0.05) is 13.8 Å². The van der Waals surface area contributed by atoms with E-state index in [-0.39, 0.29) is 5.54 Å². The number of hydrogen-bond donors (Lipinski definition) is 1. The number of rotatable bonds is 8. The average molecular weight is 203 g/mol. The molecule has 14 heavy (non-hydrogen) atoms. The molecule has 0 heterocycles. The minimum absolute atomic E-state index is 0.238. The second kappa shape index (κ2) is 7.21. The summed E-state index contributed by atoms with van der Waals surface area (Å²) in [5.74, 6) is 0.707. The fourth-order valence-corrected chi connectivity index (χ4v) is 0.874. The molecule has 0 aromatic rings. The van der Waals surface area contributed by atoms with E-state index in [9.17, 15) is 0 Å². The van der Waals surface area contributed by atoms with E-state index in [1.807, 2.05) is 13.8 Å². The van der Waals surface area contributed by atoms with E-state index in [1.54, 1.807) is 0 Å². The van der Waals surface area contributed by atoms with E-state index >= 15 is 0 Å². The Morgan fingerprint density at radius 3 is 2.14 bits per heavy atom. The molecule has 0 atom stereocenters. The van der Waals surface area contributed by atoms with Crippen LogP contribution in [-0.4, -0.2) is 32.0 Å². The maximum absolute atomic E-state index is 5.75. The van der Waals surface area contributed by atoms with Gasteiger partial charge in [0.25, 0.3) is 0 Å². The van der Waals surface area contributed by atoms with E-state index in [0.29, 0.717) is 25.7 Å². The lowest BCUT2D eigenvalue weighted by atomic mass is 10.1. The third-order valence-corrected chi connectivity index (χ3v) is 1.69. The topological polar surface area (TPSA) is 44.5 Å². The Kier molecular flexibility index (Phi) is 7.15. The van der Waals surface area contributed by atoms with Crippen molar-refractivity contribution in [1.29, 1.82) is 0 Å². The van der Waals surface area contributed by atoms with Crippen LogP contribution in [0.4, 0.5) is 0 Å². The van der Waals surface area contributed by atoms with E-state index in [4.69, 9.17) is 15.2 Å². The maximum atomic E-state index is 5.75. The van der Waals surface area contributed by atoms with Gasteiger partial charge in [-0.15, -0.1) is 0 Å². The van der Waals surface area contributed by atoms with Gasteiger partial charge in [-0.25, -0.2) is 0 Å². The van der Waals surface area contributed by atoms with Crippen molar-refractivity contribution in [2.45, 2.75) is 39.7 Å². The van der Waals surface area contributed by atoms with Crippen LogP contribution < -0.4 is 5.73 Å². The second-order valence-corrected chi connectivity index (χ2v) is 4.84. The predicted octanol–water partition coefficient (Wildman–Crippen LogP) is 1.80. The summed E-state index contributed by atoms with van der Waals surface area (Å²) in [6.45, 7) is 11.0. The molecule has 0 saturated carbocycles. The molecule has 0 aliphatic carbocycles. The van der Waals surface area contributed by atoms with Gasteiger partial charge in [0, 0.05) is 12.1 Å². The zero-order chi connectivity index (χ0) is 11.0. The summed E-state index contributed by atoms with van der Waals surface area (Å²) in [7, 11) is 0. The highest BCUT2D eigenvalue weighted by Crippen LogP contribution is 1.99. The van der Waals surface area contributed by atoms with Crippen LogP contribution in [0.5, 0.6) is 0 Å². The normalized spacial score (nSPS) is 12.4. The first kappa shape index (κ1) is 13.9. The van der Waals surface area contributed by atoms with Crippen LogP contribution in [-0.2, 0) is 9.47 Å². The minimum atomic E-state index is -0.238. The van der Waals surface area contributed by atoms with Gasteiger partial charge in [-0.05, 0) is 26.2 Å². The van der Waals surface area contributed by atoms with Crippen LogP contribution in [0.15, 0.2) is 0 Å². The summed E-state index contributed by atoms with van der Waals surface area (Å²) in [6, 6.07) is 0. The highest BCUT2D eigenvalue weighted by atomic mass is 16.5. The molecule has 0 rings (SSSR count). The van der Waals surface area contributed by atoms with Crippen LogP contribution in [0.2, 0.25) is 0 Å². The standard InChI is InChI=1S/C11H25NO2/c1-10(2)5-6-13-7-8-14-9-11(3,4)12/h10H,5-9,12H2,1-4H3. The first-order valence-corrected chi connectivity index (χ1v) is 5.36. The van der Waals surface area contributed by atoms with Gasteiger partial charge in [0.05, 0.1) is 19.8 Å². The third kappa shape index (κ3) is 11.9. The lowest BCUT2D eigenvalue weighted by molar-refractivity contribution is 0.0297. The van der Waals surface area contributed by atoms with E-state index in [1.165, 1.54) is 0 Å². The molecule has 0 fully saturated rings. The second-order valence-electron chi connectivity index (χ2n) is 4.84. The van der Waals surface area contributed by atoms with Gasteiger partial charge in [0.2, 0.25) is 0 Å². The quantitative estimate of drug-likeness (QED) is 0.612. The summed E-state index contributed by atoms with van der Waals surface area (Å²) in [5.41, 5.74) is 5.51. The molecule has 0 radical (unpaired) electrons. The Labute approximate surface area is 88.0 Å². The smallest absolute Gasteiger partial charge is 0.0701 e. The zero-order valence-corrected chi connectivity index (χ0v) is 10.0. The van der Waals surface area contributed by atoms with Crippen LogP contribution >= 0.6 is 0 Å². The van der Waals surface area contributed by atoms with Crippen molar-refractivity contribution in [2.24, 2.45) is 11.7 Å². The fraction of sp³-hybridized carbons (Fsp3) is 1.00. The van der Waals surface area contributed by atoms with Crippen LogP contribution in [0.25, 0.3) is 0 Å². The van der Waals surface area contributed by atoms with Crippen LogP contribution in [0.1, 0.15) is 34.1 Å². The summed E-state index contributed by atoms with van der Waals surface area (Å²) in [4.78, 5) is 0. The molecule has 0 aliphatic rings.